The molecule has 170 valence electrons. The Hall–Kier alpha value is -3.95. The van der Waals surface area contributed by atoms with Gasteiger partial charge >= 0.3 is 0 Å². The second-order valence-electron chi connectivity index (χ2n) is 8.42. The Bertz CT molecular complexity index is 1310. The number of aryl methyl sites for hydroxylation is 2. The van der Waals surface area contributed by atoms with Gasteiger partial charge in [0.1, 0.15) is 11.8 Å². The summed E-state index contributed by atoms with van der Waals surface area (Å²) in [4.78, 5) is 30.6. The fourth-order valence-electron chi connectivity index (χ4n) is 4.07. The van der Waals surface area contributed by atoms with Gasteiger partial charge in [-0.2, -0.15) is 15.1 Å². The topological polar surface area (TPSA) is 114 Å². The number of hydrogen-bond acceptors (Lipinski definition) is 7. The van der Waals surface area contributed by atoms with Crippen molar-refractivity contribution in [3.05, 3.63) is 42.5 Å². The van der Waals surface area contributed by atoms with Crippen LogP contribution in [-0.2, 0) is 11.8 Å². The first-order valence-electron chi connectivity index (χ1n) is 10.9. The lowest BCUT2D eigenvalue weighted by atomic mass is 9.88. The Labute approximate surface area is 191 Å². The van der Waals surface area contributed by atoms with Crippen molar-refractivity contribution < 1.29 is 9.53 Å². The maximum Gasteiger partial charge on any atom is 0.232 e. The zero-order chi connectivity index (χ0) is 23.1. The molecule has 0 unspecified atom stereocenters. The summed E-state index contributed by atoms with van der Waals surface area (Å²) in [5, 5.41) is 8.40. The van der Waals surface area contributed by atoms with Crippen molar-refractivity contribution >= 4 is 28.6 Å². The van der Waals surface area contributed by atoms with Crippen LogP contribution in [-0.4, -0.2) is 59.7 Å². The molecular formula is C23H26N8O2. The van der Waals surface area contributed by atoms with Gasteiger partial charge < -0.3 is 19.9 Å². The van der Waals surface area contributed by atoms with Gasteiger partial charge in [-0.1, -0.05) is 6.07 Å². The quantitative estimate of drug-likeness (QED) is 0.467. The van der Waals surface area contributed by atoms with Crippen LogP contribution in [0.4, 0.5) is 11.6 Å². The van der Waals surface area contributed by atoms with E-state index in [9.17, 15) is 4.79 Å². The van der Waals surface area contributed by atoms with Crippen molar-refractivity contribution in [2.24, 2.45) is 7.05 Å². The summed E-state index contributed by atoms with van der Waals surface area (Å²) in [6.07, 6.45) is 7.00. The lowest BCUT2D eigenvalue weighted by Gasteiger charge is -2.40. The Morgan fingerprint density at radius 1 is 1.30 bits per heavy atom. The molecule has 0 atom stereocenters. The highest BCUT2D eigenvalue weighted by molar-refractivity contribution is 5.97. The summed E-state index contributed by atoms with van der Waals surface area (Å²) < 4.78 is 8.10. The van der Waals surface area contributed by atoms with E-state index < -0.39 is 0 Å². The van der Waals surface area contributed by atoms with E-state index in [1.165, 1.54) is 0 Å². The van der Waals surface area contributed by atoms with Crippen LogP contribution in [0.5, 0.6) is 5.88 Å². The number of aromatic amines is 1. The number of H-pyrrole nitrogens is 1. The van der Waals surface area contributed by atoms with Crippen LogP contribution in [0.3, 0.4) is 0 Å². The summed E-state index contributed by atoms with van der Waals surface area (Å²) in [7, 11) is 3.70. The fourth-order valence-corrected chi connectivity index (χ4v) is 4.07. The second-order valence-corrected chi connectivity index (χ2v) is 8.42. The average Bonchev–Trinajstić information content (AvgIpc) is 3.33. The molecule has 0 spiro atoms. The molecule has 4 heterocycles. The highest BCUT2D eigenvalue weighted by atomic mass is 16.5. The molecule has 2 N–H and O–H groups in total. The largest absolute Gasteiger partial charge is 0.474 e. The highest BCUT2D eigenvalue weighted by Crippen LogP contribution is 2.37. The molecule has 0 bridgehead atoms. The smallest absolute Gasteiger partial charge is 0.232 e. The number of aromatic nitrogens is 6. The maximum atomic E-state index is 11.7. The molecule has 33 heavy (non-hydrogen) atoms. The van der Waals surface area contributed by atoms with Gasteiger partial charge in [-0.05, 0) is 19.1 Å². The Morgan fingerprint density at radius 3 is 2.79 bits per heavy atom. The number of carbonyl (C=O) groups excluding carboxylic acids is 1. The molecule has 1 saturated carbocycles. The molecule has 10 heteroatoms. The SMILES string of the molecule is CC(=O)N(C)C1CC(Oc2nc(Nc3cn(C)nc3C)nc3[nH]cc(-c4ccccn4)c23)C1. The normalized spacial score (nSPS) is 17.6. The summed E-state index contributed by atoms with van der Waals surface area (Å²) in [5.41, 5.74) is 4.01. The van der Waals surface area contributed by atoms with Gasteiger partial charge in [-0.15, -0.1) is 0 Å². The molecule has 1 fully saturated rings. The molecule has 0 aliphatic heterocycles. The van der Waals surface area contributed by atoms with Crippen molar-refractivity contribution in [2.75, 3.05) is 12.4 Å². The van der Waals surface area contributed by atoms with E-state index in [0.717, 1.165) is 40.9 Å². The van der Waals surface area contributed by atoms with Crippen LogP contribution < -0.4 is 10.1 Å². The number of rotatable bonds is 6. The number of fused-ring (bicyclic) bond motifs is 1. The van der Waals surface area contributed by atoms with E-state index in [-0.39, 0.29) is 18.1 Å². The predicted octanol–water partition coefficient (Wildman–Crippen LogP) is 3.19. The van der Waals surface area contributed by atoms with E-state index in [1.54, 1.807) is 22.7 Å². The molecular weight excluding hydrogens is 420 g/mol. The van der Waals surface area contributed by atoms with E-state index >= 15 is 0 Å². The van der Waals surface area contributed by atoms with E-state index in [2.05, 4.69) is 25.4 Å². The minimum absolute atomic E-state index is 0.0330. The van der Waals surface area contributed by atoms with Gasteiger partial charge in [0.15, 0.2) is 0 Å². The molecule has 1 aliphatic rings. The highest BCUT2D eigenvalue weighted by Gasteiger charge is 2.36. The molecule has 5 rings (SSSR count). The molecule has 4 aromatic rings. The van der Waals surface area contributed by atoms with E-state index in [4.69, 9.17) is 9.72 Å². The van der Waals surface area contributed by atoms with Crippen molar-refractivity contribution in [2.45, 2.75) is 38.8 Å². The molecule has 0 aromatic carbocycles. The van der Waals surface area contributed by atoms with Crippen LogP contribution in [0, 0.1) is 6.92 Å². The van der Waals surface area contributed by atoms with Crippen molar-refractivity contribution in [3.8, 4) is 17.1 Å². The number of nitrogens with zero attached hydrogens (tertiary/aromatic N) is 6. The summed E-state index contributed by atoms with van der Waals surface area (Å²) in [5.74, 6) is 0.962. The standard InChI is InChI=1S/C23H26N8O2/c1-13-19(12-30(3)29-13)26-23-27-21-20(17(11-25-21)18-7-5-6-8-24-18)22(28-23)33-16-9-15(10-16)31(4)14(2)32/h5-8,11-12,15-16H,9-10H2,1-4H3,(H2,25,26,27,28). The van der Waals surface area contributed by atoms with Gasteiger partial charge in [0.05, 0.1) is 22.5 Å². The molecule has 4 aromatic heterocycles. The number of hydrogen-bond donors (Lipinski definition) is 2. The second kappa shape index (κ2) is 8.19. The molecule has 0 radical (unpaired) electrons. The van der Waals surface area contributed by atoms with Gasteiger partial charge in [0.2, 0.25) is 17.7 Å². The molecule has 1 amide bonds. The zero-order valence-corrected chi connectivity index (χ0v) is 19.0. The number of anilines is 2. The fraction of sp³-hybridized carbons (Fsp3) is 0.348. The van der Waals surface area contributed by atoms with Crippen molar-refractivity contribution in [1.29, 1.82) is 0 Å². The summed E-state index contributed by atoms with van der Waals surface area (Å²) in [6, 6.07) is 5.95. The van der Waals surface area contributed by atoms with Gasteiger partial charge in [-0.3, -0.25) is 14.5 Å². The Kier molecular flexibility index (Phi) is 5.20. The van der Waals surface area contributed by atoms with Gasteiger partial charge in [0, 0.05) is 64.1 Å². The third-order valence-electron chi connectivity index (χ3n) is 6.09. The monoisotopic (exact) mass is 446 g/mol. The van der Waals surface area contributed by atoms with E-state index in [0.29, 0.717) is 17.5 Å². The minimum atomic E-state index is -0.0330. The van der Waals surface area contributed by atoms with Crippen molar-refractivity contribution in [3.63, 3.8) is 0 Å². The van der Waals surface area contributed by atoms with E-state index in [1.807, 2.05) is 51.6 Å². The number of carbonyl (C=O) groups is 1. The molecule has 10 nitrogen and oxygen atoms in total. The first kappa shape index (κ1) is 20.9. The molecule has 0 saturated heterocycles. The summed E-state index contributed by atoms with van der Waals surface area (Å²) in [6.45, 7) is 3.51. The van der Waals surface area contributed by atoms with Crippen LogP contribution in [0.2, 0.25) is 0 Å². The van der Waals surface area contributed by atoms with Gasteiger partial charge in [0.25, 0.3) is 0 Å². The number of pyridine rings is 1. The first-order valence-corrected chi connectivity index (χ1v) is 10.9. The van der Waals surface area contributed by atoms with Crippen LogP contribution in [0.25, 0.3) is 22.3 Å². The Balaban J connectivity index is 1.50. The number of amides is 1. The zero-order valence-electron chi connectivity index (χ0n) is 19.0. The lowest BCUT2D eigenvalue weighted by Crippen LogP contribution is -2.49. The predicted molar refractivity (Wildman–Crippen MR) is 124 cm³/mol. The third kappa shape index (κ3) is 3.99. The van der Waals surface area contributed by atoms with Gasteiger partial charge in [-0.25, -0.2) is 0 Å². The average molecular weight is 447 g/mol. The van der Waals surface area contributed by atoms with Crippen LogP contribution in [0.15, 0.2) is 36.8 Å². The van der Waals surface area contributed by atoms with Crippen LogP contribution in [0.1, 0.15) is 25.5 Å². The summed E-state index contributed by atoms with van der Waals surface area (Å²) >= 11 is 0. The molecule has 1 aliphatic carbocycles. The Morgan fingerprint density at radius 2 is 2.12 bits per heavy atom. The maximum absolute atomic E-state index is 11.7. The minimum Gasteiger partial charge on any atom is -0.474 e. The van der Waals surface area contributed by atoms with Crippen LogP contribution >= 0.6 is 0 Å². The lowest BCUT2D eigenvalue weighted by molar-refractivity contribution is -0.132. The number of nitrogens with one attached hydrogen (secondary N) is 2. The third-order valence-corrected chi connectivity index (χ3v) is 6.09. The van der Waals surface area contributed by atoms with Crippen molar-refractivity contribution in [1.82, 2.24) is 34.6 Å². The number of ether oxygens (including phenoxy) is 1. The first-order chi connectivity index (χ1) is 15.9.